The Labute approximate surface area is 280 Å². The smallest absolute Gasteiger partial charge is 0.158 e. The number of piperidine rings is 1. The highest BCUT2D eigenvalue weighted by molar-refractivity contribution is 6.35. The number of halogens is 4. The Kier molecular flexibility index (Phi) is 9.07. The lowest BCUT2D eigenvalue weighted by Crippen LogP contribution is -2.39. The zero-order valence-corrected chi connectivity index (χ0v) is 28.0. The number of fused-ring (bicyclic) bond motifs is 9. The molecule has 5 aliphatic rings. The van der Waals surface area contributed by atoms with Gasteiger partial charge < -0.3 is 16.0 Å². The average molecular weight is 670 g/mol. The zero-order valence-electron chi connectivity index (χ0n) is 26.5. The van der Waals surface area contributed by atoms with Crippen LogP contribution in [0.15, 0.2) is 30.5 Å². The van der Waals surface area contributed by atoms with E-state index in [4.69, 9.17) is 38.9 Å². The molecule has 5 aliphatic heterocycles. The van der Waals surface area contributed by atoms with E-state index in [1.54, 1.807) is 12.1 Å². The summed E-state index contributed by atoms with van der Waals surface area (Å²) >= 11 is 13.8. The van der Waals surface area contributed by atoms with Gasteiger partial charge in [0.05, 0.1) is 5.02 Å². The monoisotopic (exact) mass is 668 g/mol. The second kappa shape index (κ2) is 13.1. The SMILES string of the molecule is C=C1CCCCc2c(Cl)cc(N)cc2-c2c(Cl)cc3c(nc(CC[C@@]45CCCN4CC(F)C5)nc3c2F)N2CCCC(CCN1)C2. The van der Waals surface area contributed by atoms with Crippen LogP contribution in [0.5, 0.6) is 0 Å². The molecule has 1 aromatic heterocycles. The predicted molar refractivity (Wildman–Crippen MR) is 185 cm³/mol. The van der Waals surface area contributed by atoms with Crippen molar-refractivity contribution in [2.75, 3.05) is 43.4 Å². The molecule has 0 spiro atoms. The minimum Gasteiger partial charge on any atom is -0.399 e. The van der Waals surface area contributed by atoms with Gasteiger partial charge in [0, 0.05) is 65.5 Å². The molecule has 2 unspecified atom stereocenters. The van der Waals surface area contributed by atoms with E-state index < -0.39 is 12.0 Å². The number of nitrogens with zero attached hydrogens (tertiary/aromatic N) is 4. The fourth-order valence-corrected chi connectivity index (χ4v) is 9.21. The van der Waals surface area contributed by atoms with Crippen molar-refractivity contribution in [3.05, 3.63) is 57.7 Å². The van der Waals surface area contributed by atoms with Crippen LogP contribution in [0.4, 0.5) is 20.3 Å². The molecule has 3 atom stereocenters. The van der Waals surface area contributed by atoms with Gasteiger partial charge in [-0.15, -0.1) is 0 Å². The van der Waals surface area contributed by atoms with E-state index in [2.05, 4.69) is 21.7 Å². The number of nitrogens with one attached hydrogen (secondary N) is 1. The summed E-state index contributed by atoms with van der Waals surface area (Å²) in [5.41, 5.74) is 9.58. The third-order valence-electron chi connectivity index (χ3n) is 10.9. The van der Waals surface area contributed by atoms with E-state index >= 15 is 4.39 Å². The molecule has 6 heterocycles. The van der Waals surface area contributed by atoms with E-state index in [0.29, 0.717) is 59.2 Å². The van der Waals surface area contributed by atoms with E-state index in [0.717, 1.165) is 101 Å². The topological polar surface area (TPSA) is 70.3 Å². The lowest BCUT2D eigenvalue weighted by molar-refractivity contribution is 0.181. The van der Waals surface area contributed by atoms with Gasteiger partial charge in [-0.3, -0.25) is 4.90 Å². The van der Waals surface area contributed by atoms with Crippen LogP contribution >= 0.6 is 23.2 Å². The lowest BCUT2D eigenvalue weighted by atomic mass is 9.88. The molecular formula is C36H44Cl2F2N6. The predicted octanol–water partition coefficient (Wildman–Crippen LogP) is 8.27. The summed E-state index contributed by atoms with van der Waals surface area (Å²) in [6.07, 6.45) is 9.63. The zero-order chi connectivity index (χ0) is 32.0. The van der Waals surface area contributed by atoms with Gasteiger partial charge in [0.2, 0.25) is 0 Å². The Morgan fingerprint density at radius 3 is 2.74 bits per heavy atom. The molecule has 2 aromatic carbocycles. The fourth-order valence-electron chi connectivity index (χ4n) is 8.59. The van der Waals surface area contributed by atoms with Crippen molar-refractivity contribution in [3.63, 3.8) is 0 Å². The molecule has 6 bridgehead atoms. The Morgan fingerprint density at radius 1 is 1.02 bits per heavy atom. The number of hydrogen-bond donors (Lipinski definition) is 2. The van der Waals surface area contributed by atoms with Crippen LogP contribution in [-0.2, 0) is 12.8 Å². The molecule has 10 heteroatoms. The number of benzene rings is 2. The third kappa shape index (κ3) is 6.17. The van der Waals surface area contributed by atoms with Crippen LogP contribution in [0.25, 0.3) is 22.0 Å². The minimum atomic E-state index is -0.799. The van der Waals surface area contributed by atoms with Crippen molar-refractivity contribution >= 4 is 45.6 Å². The maximum Gasteiger partial charge on any atom is 0.158 e. The van der Waals surface area contributed by atoms with E-state index in [-0.39, 0.29) is 21.6 Å². The van der Waals surface area contributed by atoms with Crippen molar-refractivity contribution in [2.24, 2.45) is 5.92 Å². The molecule has 3 aromatic rings. The van der Waals surface area contributed by atoms with Crippen molar-refractivity contribution < 1.29 is 8.78 Å². The molecule has 3 saturated heterocycles. The van der Waals surface area contributed by atoms with Crippen molar-refractivity contribution in [3.8, 4) is 11.1 Å². The maximum absolute atomic E-state index is 17.1. The largest absolute Gasteiger partial charge is 0.399 e. The number of hydrogen-bond acceptors (Lipinski definition) is 6. The molecule has 3 fully saturated rings. The van der Waals surface area contributed by atoms with Gasteiger partial charge in [-0.1, -0.05) is 29.8 Å². The van der Waals surface area contributed by atoms with E-state index in [1.165, 1.54) is 0 Å². The number of allylic oxidation sites excluding steroid dienone is 1. The molecule has 246 valence electrons. The number of rotatable bonds is 3. The van der Waals surface area contributed by atoms with Crippen LogP contribution in [0.3, 0.4) is 0 Å². The van der Waals surface area contributed by atoms with Gasteiger partial charge >= 0.3 is 0 Å². The third-order valence-corrected chi connectivity index (χ3v) is 11.5. The van der Waals surface area contributed by atoms with Crippen LogP contribution in [0, 0.1) is 11.7 Å². The van der Waals surface area contributed by atoms with Gasteiger partial charge in [-0.25, -0.2) is 18.7 Å². The maximum atomic E-state index is 17.1. The quantitative estimate of drug-likeness (QED) is 0.274. The first-order valence-corrected chi connectivity index (χ1v) is 17.8. The normalized spacial score (nSPS) is 25.8. The van der Waals surface area contributed by atoms with Gasteiger partial charge in [0.15, 0.2) is 5.82 Å². The summed E-state index contributed by atoms with van der Waals surface area (Å²) in [5.74, 6) is 1.33. The number of aromatic nitrogens is 2. The van der Waals surface area contributed by atoms with Crippen molar-refractivity contribution in [1.29, 1.82) is 0 Å². The van der Waals surface area contributed by atoms with Crippen LogP contribution in [0.2, 0.25) is 10.0 Å². The number of anilines is 2. The standard InChI is InChI=1S/C36H44Cl2F2N6/c1-22-6-2-3-8-26-27(16-25(41)17-29(26)37)32-30(38)18-28-34(33(32)40)43-31(9-12-36-11-5-15-46(36)21-24(39)19-36)44-35(28)45-14-4-7-23(20-45)10-13-42-22/h16-18,23-24,42H,1-15,19-21,41H2/t23?,24?,36-/m1/s1. The second-order valence-corrected chi connectivity index (χ2v) is 14.8. The summed E-state index contributed by atoms with van der Waals surface area (Å²) in [4.78, 5) is 14.6. The lowest BCUT2D eigenvalue weighted by Gasteiger charge is -2.35. The van der Waals surface area contributed by atoms with Gasteiger partial charge in [0.1, 0.15) is 23.3 Å². The molecule has 46 heavy (non-hydrogen) atoms. The van der Waals surface area contributed by atoms with Gasteiger partial charge in [-0.05, 0) is 112 Å². The number of nitrogen functional groups attached to an aromatic ring is 1. The Hall–Kier alpha value is -2.68. The van der Waals surface area contributed by atoms with Crippen molar-refractivity contribution in [2.45, 2.75) is 88.8 Å². The first kappa shape index (κ1) is 31.9. The molecule has 0 aliphatic carbocycles. The van der Waals surface area contributed by atoms with Gasteiger partial charge in [0.25, 0.3) is 0 Å². The number of alkyl halides is 1. The van der Waals surface area contributed by atoms with Crippen LogP contribution in [-0.4, -0.2) is 59.3 Å². The molecule has 0 saturated carbocycles. The van der Waals surface area contributed by atoms with Gasteiger partial charge in [-0.2, -0.15) is 0 Å². The molecule has 0 amide bonds. The summed E-state index contributed by atoms with van der Waals surface area (Å²) in [7, 11) is 0. The van der Waals surface area contributed by atoms with Crippen molar-refractivity contribution in [1.82, 2.24) is 20.2 Å². The summed E-state index contributed by atoms with van der Waals surface area (Å²) in [6, 6.07) is 5.33. The van der Waals surface area contributed by atoms with E-state index in [1.807, 2.05) is 6.07 Å². The first-order chi connectivity index (χ1) is 22.2. The Morgan fingerprint density at radius 2 is 1.87 bits per heavy atom. The molecule has 0 radical (unpaired) electrons. The number of aryl methyl sites for hydroxylation is 1. The van der Waals surface area contributed by atoms with Crippen LogP contribution in [0.1, 0.15) is 75.6 Å². The molecular weight excluding hydrogens is 625 g/mol. The average Bonchev–Trinajstić information content (AvgIpc) is 3.54. The highest BCUT2D eigenvalue weighted by Gasteiger charge is 2.48. The Bertz CT molecular complexity index is 1650. The first-order valence-electron chi connectivity index (χ1n) is 17.0. The molecule has 3 N–H and O–H groups in total. The molecule has 8 rings (SSSR count). The highest BCUT2D eigenvalue weighted by Crippen LogP contribution is 2.45. The number of nitrogens with two attached hydrogens (primary N) is 1. The summed E-state index contributed by atoms with van der Waals surface area (Å²) < 4.78 is 31.7. The summed E-state index contributed by atoms with van der Waals surface area (Å²) in [5, 5.41) is 4.96. The summed E-state index contributed by atoms with van der Waals surface area (Å²) in [6.45, 7) is 8.23. The highest BCUT2D eigenvalue weighted by atomic mass is 35.5. The minimum absolute atomic E-state index is 0.160. The fraction of sp³-hybridized carbons (Fsp3) is 0.556. The van der Waals surface area contributed by atoms with Crippen LogP contribution < -0.4 is 16.0 Å². The second-order valence-electron chi connectivity index (χ2n) is 14.0. The molecule has 6 nitrogen and oxygen atoms in total. The Balaban J connectivity index is 1.36. The van der Waals surface area contributed by atoms with E-state index in [9.17, 15) is 4.39 Å².